The zero-order valence-electron chi connectivity index (χ0n) is 17.1. The second-order valence-corrected chi connectivity index (χ2v) is 6.97. The number of rotatable bonds is 10. The topological polar surface area (TPSA) is 98.0 Å². The molecule has 9 heteroatoms. The molecule has 3 rings (SSSR count). The van der Waals surface area contributed by atoms with Crippen molar-refractivity contribution in [2.24, 2.45) is 5.10 Å². The molecule has 0 radical (unpaired) electrons. The minimum absolute atomic E-state index is 0.0225. The summed E-state index contributed by atoms with van der Waals surface area (Å²) in [7, 11) is 0. The first kappa shape index (κ1) is 22.7. The summed E-state index contributed by atoms with van der Waals surface area (Å²) in [5, 5.41) is 18.3. The maximum atomic E-state index is 10.7. The van der Waals surface area contributed by atoms with Crippen LogP contribution in [-0.4, -0.2) is 29.5 Å². The standard InChI is InChI=1S/C23H22N4O4S/c28-27(29)20-9-11-21(12-10-20)30-13-14-31-22-8-4-7-19(15-22)17-25-26-23(32)24-16-18-5-2-1-3-6-18/h1-12,15,17H,13-14,16H2,(H2,24,26,32). The largest absolute Gasteiger partial charge is 0.490 e. The molecule has 0 saturated carbocycles. The third-order valence-electron chi connectivity index (χ3n) is 4.20. The molecule has 8 nitrogen and oxygen atoms in total. The fourth-order valence-electron chi connectivity index (χ4n) is 2.65. The predicted molar refractivity (Wildman–Crippen MR) is 127 cm³/mol. The highest BCUT2D eigenvalue weighted by Gasteiger charge is 2.04. The Labute approximate surface area is 191 Å². The van der Waals surface area contributed by atoms with Crippen molar-refractivity contribution in [1.29, 1.82) is 0 Å². The van der Waals surface area contributed by atoms with Crippen LogP contribution in [0.1, 0.15) is 11.1 Å². The Morgan fingerprint density at radius 2 is 1.69 bits per heavy atom. The Balaban J connectivity index is 1.38. The number of hydrogen-bond acceptors (Lipinski definition) is 6. The van der Waals surface area contributed by atoms with Crippen molar-refractivity contribution < 1.29 is 14.4 Å². The number of thiocarbonyl (C=S) groups is 1. The number of non-ortho nitro benzene ring substituents is 1. The number of hydrazone groups is 1. The number of nitro benzene ring substituents is 1. The lowest BCUT2D eigenvalue weighted by Gasteiger charge is -2.09. The second kappa shape index (κ2) is 12.0. The number of ether oxygens (including phenoxy) is 2. The van der Waals surface area contributed by atoms with Crippen molar-refractivity contribution in [3.63, 3.8) is 0 Å². The molecule has 164 valence electrons. The van der Waals surface area contributed by atoms with Gasteiger partial charge >= 0.3 is 0 Å². The van der Waals surface area contributed by atoms with Gasteiger partial charge < -0.3 is 14.8 Å². The molecule has 0 fully saturated rings. The van der Waals surface area contributed by atoms with Gasteiger partial charge in [-0.05, 0) is 47.6 Å². The van der Waals surface area contributed by atoms with E-state index < -0.39 is 4.92 Å². The molecule has 0 amide bonds. The van der Waals surface area contributed by atoms with Crippen molar-refractivity contribution >= 4 is 29.2 Å². The van der Waals surface area contributed by atoms with Crippen LogP contribution in [0.4, 0.5) is 5.69 Å². The third-order valence-corrected chi connectivity index (χ3v) is 4.44. The molecule has 0 aliphatic carbocycles. The van der Waals surface area contributed by atoms with E-state index in [0.29, 0.717) is 36.4 Å². The number of nitrogens with one attached hydrogen (secondary N) is 2. The summed E-state index contributed by atoms with van der Waals surface area (Å²) >= 11 is 5.22. The first-order valence-corrected chi connectivity index (χ1v) is 10.2. The van der Waals surface area contributed by atoms with Crippen LogP contribution in [0.3, 0.4) is 0 Å². The first-order valence-electron chi connectivity index (χ1n) is 9.81. The molecule has 3 aromatic carbocycles. The Hall–Kier alpha value is -3.98. The third kappa shape index (κ3) is 7.69. The van der Waals surface area contributed by atoms with Crippen molar-refractivity contribution in [2.75, 3.05) is 13.2 Å². The Bertz CT molecular complexity index is 1060. The summed E-state index contributed by atoms with van der Waals surface area (Å²) in [6.07, 6.45) is 1.65. The highest BCUT2D eigenvalue weighted by molar-refractivity contribution is 7.80. The summed E-state index contributed by atoms with van der Waals surface area (Å²) in [4.78, 5) is 10.2. The van der Waals surface area contributed by atoms with E-state index in [-0.39, 0.29) is 5.69 Å². The molecule has 0 heterocycles. The highest BCUT2D eigenvalue weighted by Crippen LogP contribution is 2.17. The highest BCUT2D eigenvalue weighted by atomic mass is 32.1. The molecule has 0 aromatic heterocycles. The predicted octanol–water partition coefficient (Wildman–Crippen LogP) is 4.05. The normalized spacial score (nSPS) is 10.5. The van der Waals surface area contributed by atoms with Gasteiger partial charge in [-0.15, -0.1) is 0 Å². The van der Waals surface area contributed by atoms with Crippen LogP contribution in [0.5, 0.6) is 11.5 Å². The fourth-order valence-corrected chi connectivity index (χ4v) is 2.78. The molecule has 0 bridgehead atoms. The molecule has 0 atom stereocenters. The van der Waals surface area contributed by atoms with E-state index in [1.54, 1.807) is 18.3 Å². The van der Waals surface area contributed by atoms with Crippen LogP contribution in [-0.2, 0) is 6.54 Å². The van der Waals surface area contributed by atoms with Gasteiger partial charge in [-0.1, -0.05) is 42.5 Å². The van der Waals surface area contributed by atoms with E-state index in [1.165, 1.54) is 12.1 Å². The molecule has 32 heavy (non-hydrogen) atoms. The van der Waals surface area contributed by atoms with Gasteiger partial charge in [0.2, 0.25) is 0 Å². The molecular weight excluding hydrogens is 428 g/mol. The molecule has 3 aromatic rings. The van der Waals surface area contributed by atoms with E-state index >= 15 is 0 Å². The zero-order valence-corrected chi connectivity index (χ0v) is 18.0. The summed E-state index contributed by atoms with van der Waals surface area (Å²) in [6, 6.07) is 23.3. The Kier molecular flexibility index (Phi) is 8.52. The van der Waals surface area contributed by atoms with E-state index in [2.05, 4.69) is 15.8 Å². The SMILES string of the molecule is O=[N+]([O-])c1ccc(OCCOc2cccc(C=NNC(=S)NCc3ccccc3)c2)cc1. The average Bonchev–Trinajstić information content (AvgIpc) is 2.82. The van der Waals surface area contributed by atoms with Gasteiger partial charge in [-0.25, -0.2) is 0 Å². The minimum atomic E-state index is -0.451. The summed E-state index contributed by atoms with van der Waals surface area (Å²) in [5.41, 5.74) is 4.78. The summed E-state index contributed by atoms with van der Waals surface area (Å²) < 4.78 is 11.2. The van der Waals surface area contributed by atoms with E-state index in [0.717, 1.165) is 11.1 Å². The number of nitrogens with zero attached hydrogens (tertiary/aromatic N) is 2. The molecule has 0 unspecified atom stereocenters. The van der Waals surface area contributed by atoms with Crippen molar-refractivity contribution in [3.05, 3.63) is 100 Å². The van der Waals surface area contributed by atoms with Gasteiger partial charge in [0.15, 0.2) is 5.11 Å². The number of hydrogen-bond donors (Lipinski definition) is 2. The van der Waals surface area contributed by atoms with E-state index in [1.807, 2.05) is 54.6 Å². The Morgan fingerprint density at radius 1 is 0.969 bits per heavy atom. The monoisotopic (exact) mass is 450 g/mol. The van der Waals surface area contributed by atoms with Crippen LogP contribution in [0.2, 0.25) is 0 Å². The maximum absolute atomic E-state index is 10.7. The summed E-state index contributed by atoms with van der Waals surface area (Å²) in [6.45, 7) is 1.25. The van der Waals surface area contributed by atoms with Crippen molar-refractivity contribution in [1.82, 2.24) is 10.7 Å². The number of nitro groups is 1. The van der Waals surface area contributed by atoms with Gasteiger partial charge in [0.1, 0.15) is 24.7 Å². The fraction of sp³-hybridized carbons (Fsp3) is 0.130. The van der Waals surface area contributed by atoms with E-state index in [4.69, 9.17) is 21.7 Å². The van der Waals surface area contributed by atoms with Gasteiger partial charge in [0, 0.05) is 18.7 Å². The van der Waals surface area contributed by atoms with Crippen LogP contribution in [0.25, 0.3) is 0 Å². The summed E-state index contributed by atoms with van der Waals surface area (Å²) in [5.74, 6) is 1.22. The lowest BCUT2D eigenvalue weighted by molar-refractivity contribution is -0.384. The first-order chi connectivity index (χ1) is 15.6. The van der Waals surface area contributed by atoms with Crippen molar-refractivity contribution in [3.8, 4) is 11.5 Å². The van der Waals surface area contributed by atoms with Gasteiger partial charge in [-0.3, -0.25) is 15.5 Å². The Morgan fingerprint density at radius 3 is 2.41 bits per heavy atom. The van der Waals surface area contributed by atoms with E-state index in [9.17, 15) is 10.1 Å². The zero-order chi connectivity index (χ0) is 22.6. The van der Waals surface area contributed by atoms with Crippen molar-refractivity contribution in [2.45, 2.75) is 6.54 Å². The van der Waals surface area contributed by atoms with Crippen LogP contribution in [0.15, 0.2) is 84.0 Å². The molecule has 0 aliphatic rings. The van der Waals surface area contributed by atoms with Crippen LogP contribution >= 0.6 is 12.2 Å². The minimum Gasteiger partial charge on any atom is -0.490 e. The molecular formula is C23H22N4O4S. The van der Waals surface area contributed by atoms with Crippen LogP contribution < -0.4 is 20.2 Å². The average molecular weight is 451 g/mol. The van der Waals surface area contributed by atoms with Gasteiger partial charge in [-0.2, -0.15) is 5.10 Å². The molecule has 0 aliphatic heterocycles. The van der Waals surface area contributed by atoms with Gasteiger partial charge in [0.05, 0.1) is 11.1 Å². The molecule has 2 N–H and O–H groups in total. The second-order valence-electron chi connectivity index (χ2n) is 6.56. The lowest BCUT2D eigenvalue weighted by Crippen LogP contribution is -2.31. The smallest absolute Gasteiger partial charge is 0.269 e. The molecule has 0 spiro atoms. The number of benzene rings is 3. The lowest BCUT2D eigenvalue weighted by atomic mass is 10.2. The van der Waals surface area contributed by atoms with Gasteiger partial charge in [0.25, 0.3) is 5.69 Å². The molecule has 0 saturated heterocycles. The maximum Gasteiger partial charge on any atom is 0.269 e. The quantitative estimate of drug-likeness (QED) is 0.158. The van der Waals surface area contributed by atoms with Crippen LogP contribution in [0, 0.1) is 10.1 Å².